The molecule has 1 fully saturated rings. The largest absolute Gasteiger partial charge is 0.465 e. The molecule has 19 heavy (non-hydrogen) atoms. The van der Waals surface area contributed by atoms with Crippen molar-refractivity contribution < 1.29 is 9.53 Å². The summed E-state index contributed by atoms with van der Waals surface area (Å²) in [6.07, 6.45) is 2.50. The van der Waals surface area contributed by atoms with Gasteiger partial charge in [-0.15, -0.1) is 0 Å². The first-order valence-corrected chi connectivity index (χ1v) is 7.38. The number of ether oxygens (including phenoxy) is 1. The van der Waals surface area contributed by atoms with Crippen LogP contribution in [-0.2, 0) is 4.74 Å². The number of hydrogen-bond donors (Lipinski definition) is 2. The smallest absolute Gasteiger partial charge is 0.340 e. The summed E-state index contributed by atoms with van der Waals surface area (Å²) in [5.41, 5.74) is 7.54. The van der Waals surface area contributed by atoms with Gasteiger partial charge in [0.25, 0.3) is 0 Å². The number of nitrogens with two attached hydrogens (primary N) is 1. The number of hydrogen-bond acceptors (Lipinski definition) is 5. The molecule has 1 aromatic rings. The minimum atomic E-state index is -0.400. The van der Waals surface area contributed by atoms with Crippen molar-refractivity contribution in [2.24, 2.45) is 0 Å². The molecule has 1 aliphatic rings. The zero-order valence-electron chi connectivity index (χ0n) is 11.4. The Morgan fingerprint density at radius 3 is 3.00 bits per heavy atom. The molecule has 1 aromatic carbocycles. The molecule has 0 saturated carbocycles. The van der Waals surface area contributed by atoms with Gasteiger partial charge in [0.1, 0.15) is 0 Å². The van der Waals surface area contributed by atoms with Gasteiger partial charge in [0, 0.05) is 22.7 Å². The van der Waals surface area contributed by atoms with Gasteiger partial charge in [0.15, 0.2) is 0 Å². The average Bonchev–Trinajstić information content (AvgIpc) is 2.84. The number of rotatable bonds is 4. The Morgan fingerprint density at radius 2 is 2.37 bits per heavy atom. The third kappa shape index (κ3) is 3.35. The highest BCUT2D eigenvalue weighted by molar-refractivity contribution is 8.00. The van der Waals surface area contributed by atoms with E-state index in [1.54, 1.807) is 12.1 Å². The highest BCUT2D eigenvalue weighted by Gasteiger charge is 2.29. The number of carbonyl (C=O) groups is 1. The van der Waals surface area contributed by atoms with Gasteiger partial charge < -0.3 is 15.8 Å². The molecule has 1 heterocycles. The lowest BCUT2D eigenvalue weighted by atomic mass is 10.1. The number of esters is 1. The van der Waals surface area contributed by atoms with Crippen LogP contribution in [0, 0.1) is 0 Å². The highest BCUT2D eigenvalue weighted by Crippen LogP contribution is 2.37. The fourth-order valence-corrected chi connectivity index (χ4v) is 3.46. The van der Waals surface area contributed by atoms with E-state index in [0.717, 1.165) is 12.2 Å². The molecule has 0 amide bonds. The Labute approximate surface area is 118 Å². The first kappa shape index (κ1) is 14.1. The van der Waals surface area contributed by atoms with Crippen molar-refractivity contribution in [2.75, 3.05) is 30.5 Å². The van der Waals surface area contributed by atoms with Gasteiger partial charge in [-0.3, -0.25) is 0 Å². The number of methoxy groups -OCH3 is 1. The van der Waals surface area contributed by atoms with Gasteiger partial charge >= 0.3 is 5.97 Å². The highest BCUT2D eigenvalue weighted by atomic mass is 32.2. The first-order chi connectivity index (χ1) is 9.04. The number of nitrogen functional groups attached to an aromatic ring is 1. The van der Waals surface area contributed by atoms with Crippen LogP contribution in [0.25, 0.3) is 0 Å². The van der Waals surface area contributed by atoms with Crippen molar-refractivity contribution in [2.45, 2.75) is 24.5 Å². The van der Waals surface area contributed by atoms with E-state index in [1.807, 2.05) is 17.8 Å². The van der Waals surface area contributed by atoms with E-state index in [4.69, 9.17) is 10.5 Å². The van der Waals surface area contributed by atoms with Crippen molar-refractivity contribution in [3.63, 3.8) is 0 Å². The Morgan fingerprint density at radius 1 is 1.58 bits per heavy atom. The molecule has 1 saturated heterocycles. The Balaban J connectivity index is 2.06. The lowest BCUT2D eigenvalue weighted by Crippen LogP contribution is -2.27. The Bertz CT molecular complexity index is 471. The lowest BCUT2D eigenvalue weighted by molar-refractivity contribution is 0.0602. The monoisotopic (exact) mass is 280 g/mol. The van der Waals surface area contributed by atoms with Gasteiger partial charge in [-0.2, -0.15) is 11.8 Å². The Kier molecular flexibility index (Phi) is 4.24. The van der Waals surface area contributed by atoms with Crippen LogP contribution in [0.2, 0.25) is 0 Å². The van der Waals surface area contributed by atoms with E-state index in [9.17, 15) is 4.79 Å². The van der Waals surface area contributed by atoms with Crippen LogP contribution < -0.4 is 11.1 Å². The van der Waals surface area contributed by atoms with Crippen molar-refractivity contribution in [3.8, 4) is 0 Å². The number of nitrogens with one attached hydrogen (secondary N) is 1. The fourth-order valence-electron chi connectivity index (χ4n) is 2.22. The van der Waals surface area contributed by atoms with E-state index in [0.29, 0.717) is 11.3 Å². The summed E-state index contributed by atoms with van der Waals surface area (Å²) in [7, 11) is 1.36. The molecular weight excluding hydrogens is 260 g/mol. The summed E-state index contributed by atoms with van der Waals surface area (Å²) in [4.78, 5) is 11.6. The molecule has 5 heteroatoms. The third-order valence-electron chi connectivity index (χ3n) is 3.43. The van der Waals surface area contributed by atoms with E-state index in [2.05, 4.69) is 12.2 Å². The topological polar surface area (TPSA) is 64.3 Å². The third-order valence-corrected chi connectivity index (χ3v) is 4.96. The minimum absolute atomic E-state index is 0.285. The zero-order valence-corrected chi connectivity index (χ0v) is 12.2. The quantitative estimate of drug-likeness (QED) is 0.656. The van der Waals surface area contributed by atoms with Crippen LogP contribution in [0.5, 0.6) is 0 Å². The predicted octanol–water partition coefficient (Wildman–Crippen LogP) is 2.75. The number of benzene rings is 1. The van der Waals surface area contributed by atoms with Gasteiger partial charge in [-0.1, -0.05) is 0 Å². The van der Waals surface area contributed by atoms with E-state index >= 15 is 0 Å². The molecule has 0 radical (unpaired) electrons. The van der Waals surface area contributed by atoms with Crippen LogP contribution in [0.4, 0.5) is 11.4 Å². The molecular formula is C14H20N2O2S. The summed E-state index contributed by atoms with van der Waals surface area (Å²) in [5.74, 6) is 0.829. The summed E-state index contributed by atoms with van der Waals surface area (Å²) in [5, 5.41) is 3.39. The second-order valence-corrected chi connectivity index (χ2v) is 6.73. The summed E-state index contributed by atoms with van der Waals surface area (Å²) >= 11 is 2.00. The van der Waals surface area contributed by atoms with Crippen molar-refractivity contribution in [3.05, 3.63) is 23.8 Å². The standard InChI is InChI=1S/C14H20N2O2S/c1-14(6-3-7-19-14)9-16-10-4-5-12(15)11(8-10)13(17)18-2/h4-5,8,16H,3,6-7,9,15H2,1-2H3. The van der Waals surface area contributed by atoms with Gasteiger partial charge in [0.05, 0.1) is 12.7 Å². The molecule has 0 bridgehead atoms. The summed E-state index contributed by atoms with van der Waals surface area (Å²) < 4.78 is 5.00. The number of anilines is 2. The van der Waals surface area contributed by atoms with E-state index < -0.39 is 5.97 Å². The summed E-state index contributed by atoms with van der Waals surface area (Å²) in [6.45, 7) is 3.17. The molecule has 3 N–H and O–H groups in total. The van der Waals surface area contributed by atoms with E-state index in [1.165, 1.54) is 25.7 Å². The van der Waals surface area contributed by atoms with Crippen LogP contribution in [0.3, 0.4) is 0 Å². The minimum Gasteiger partial charge on any atom is -0.465 e. The maximum Gasteiger partial charge on any atom is 0.340 e. The molecule has 0 aliphatic carbocycles. The van der Waals surface area contributed by atoms with E-state index in [-0.39, 0.29) is 4.75 Å². The maximum absolute atomic E-state index is 11.6. The van der Waals surface area contributed by atoms with Crippen LogP contribution >= 0.6 is 11.8 Å². The van der Waals surface area contributed by atoms with Crippen molar-refractivity contribution >= 4 is 29.1 Å². The van der Waals surface area contributed by atoms with Gasteiger partial charge in [0.2, 0.25) is 0 Å². The fraction of sp³-hybridized carbons (Fsp3) is 0.500. The average molecular weight is 280 g/mol. The van der Waals surface area contributed by atoms with Crippen LogP contribution in [0.1, 0.15) is 30.1 Å². The number of thioether (sulfide) groups is 1. The predicted molar refractivity (Wildman–Crippen MR) is 80.8 cm³/mol. The molecule has 1 unspecified atom stereocenters. The van der Waals surface area contributed by atoms with Crippen molar-refractivity contribution in [1.82, 2.24) is 0 Å². The molecule has 1 atom stereocenters. The second-order valence-electron chi connectivity index (χ2n) is 5.05. The van der Waals surface area contributed by atoms with Crippen LogP contribution in [0.15, 0.2) is 18.2 Å². The number of carbonyl (C=O) groups excluding carboxylic acids is 1. The SMILES string of the molecule is COC(=O)c1cc(NCC2(C)CCCS2)ccc1N. The molecule has 104 valence electrons. The maximum atomic E-state index is 11.6. The summed E-state index contributed by atoms with van der Waals surface area (Å²) in [6, 6.07) is 5.38. The molecule has 4 nitrogen and oxygen atoms in total. The van der Waals surface area contributed by atoms with Crippen LogP contribution in [-0.4, -0.2) is 30.1 Å². The van der Waals surface area contributed by atoms with Crippen molar-refractivity contribution in [1.29, 1.82) is 0 Å². The molecule has 0 aromatic heterocycles. The second kappa shape index (κ2) is 5.74. The first-order valence-electron chi connectivity index (χ1n) is 6.40. The van der Waals surface area contributed by atoms with Gasteiger partial charge in [-0.05, 0) is 43.7 Å². The Hall–Kier alpha value is -1.36. The normalized spacial score (nSPS) is 22.2. The molecule has 2 rings (SSSR count). The lowest BCUT2D eigenvalue weighted by Gasteiger charge is -2.23. The zero-order chi connectivity index (χ0) is 13.9. The molecule has 1 aliphatic heterocycles. The molecule has 0 spiro atoms. The van der Waals surface area contributed by atoms with Gasteiger partial charge in [-0.25, -0.2) is 4.79 Å².